The van der Waals surface area contributed by atoms with Crippen LogP contribution < -0.4 is 5.32 Å². The van der Waals surface area contributed by atoms with Crippen molar-refractivity contribution in [1.82, 2.24) is 5.32 Å². The molecule has 1 aliphatic heterocycles. The number of rotatable bonds is 4. The van der Waals surface area contributed by atoms with Gasteiger partial charge in [-0.25, -0.2) is 0 Å². The van der Waals surface area contributed by atoms with E-state index < -0.39 is 5.97 Å². The normalized spacial score (nSPS) is 28.2. The Morgan fingerprint density at radius 3 is 2.85 bits per heavy atom. The van der Waals surface area contributed by atoms with Crippen LogP contribution in [0, 0.1) is 11.8 Å². The van der Waals surface area contributed by atoms with E-state index in [4.69, 9.17) is 5.11 Å². The second-order valence-corrected chi connectivity index (χ2v) is 4.34. The van der Waals surface area contributed by atoms with Crippen molar-refractivity contribution in [2.45, 2.75) is 39.2 Å². The summed E-state index contributed by atoms with van der Waals surface area (Å²) < 4.78 is 0. The summed E-state index contributed by atoms with van der Waals surface area (Å²) in [5.74, 6) is 0.328. The number of nitrogens with one attached hydrogen (secondary N) is 1. The maximum atomic E-state index is 10.6. The number of carboxylic acids is 1. The van der Waals surface area contributed by atoms with Gasteiger partial charge < -0.3 is 10.4 Å². The Kier molecular flexibility index (Phi) is 3.72. The zero-order valence-corrected chi connectivity index (χ0v) is 8.42. The van der Waals surface area contributed by atoms with Gasteiger partial charge in [0, 0.05) is 12.5 Å². The molecule has 1 rings (SSSR count). The van der Waals surface area contributed by atoms with Crippen LogP contribution in [0.5, 0.6) is 0 Å². The highest BCUT2D eigenvalue weighted by atomic mass is 16.4. The maximum Gasteiger partial charge on any atom is 0.303 e. The first-order valence-electron chi connectivity index (χ1n) is 5.04. The Hall–Kier alpha value is -0.570. The lowest BCUT2D eigenvalue weighted by atomic mass is 9.91. The lowest BCUT2D eigenvalue weighted by Crippen LogP contribution is -2.29. The molecular formula is C10H19NO2. The molecular weight excluding hydrogens is 166 g/mol. The van der Waals surface area contributed by atoms with Crippen LogP contribution in [0.2, 0.25) is 0 Å². The summed E-state index contributed by atoms with van der Waals surface area (Å²) >= 11 is 0. The molecule has 0 saturated carbocycles. The van der Waals surface area contributed by atoms with Gasteiger partial charge in [-0.3, -0.25) is 4.79 Å². The van der Waals surface area contributed by atoms with Gasteiger partial charge in [0.1, 0.15) is 0 Å². The molecule has 0 aromatic heterocycles. The van der Waals surface area contributed by atoms with E-state index in [2.05, 4.69) is 19.2 Å². The molecule has 0 aromatic rings. The zero-order valence-electron chi connectivity index (χ0n) is 8.42. The summed E-state index contributed by atoms with van der Waals surface area (Å²) in [6.45, 7) is 5.34. The molecule has 1 fully saturated rings. The minimum absolute atomic E-state index is 0.324. The smallest absolute Gasteiger partial charge is 0.303 e. The second-order valence-electron chi connectivity index (χ2n) is 4.34. The SMILES string of the molecule is CC(C)CC1NCCC1CC(=O)O. The summed E-state index contributed by atoms with van der Waals surface area (Å²) in [5.41, 5.74) is 0. The molecule has 0 amide bonds. The third-order valence-corrected chi connectivity index (χ3v) is 2.65. The number of hydrogen-bond acceptors (Lipinski definition) is 2. The van der Waals surface area contributed by atoms with Crippen LogP contribution in [-0.4, -0.2) is 23.7 Å². The van der Waals surface area contributed by atoms with Gasteiger partial charge in [-0.1, -0.05) is 13.8 Å². The quantitative estimate of drug-likeness (QED) is 0.697. The highest BCUT2D eigenvalue weighted by Crippen LogP contribution is 2.24. The van der Waals surface area contributed by atoms with E-state index >= 15 is 0 Å². The summed E-state index contributed by atoms with van der Waals surface area (Å²) in [6.07, 6.45) is 2.44. The molecule has 2 unspecified atom stereocenters. The van der Waals surface area contributed by atoms with E-state index in [9.17, 15) is 4.79 Å². The van der Waals surface area contributed by atoms with Crippen LogP contribution in [0.25, 0.3) is 0 Å². The maximum absolute atomic E-state index is 10.6. The molecule has 13 heavy (non-hydrogen) atoms. The third kappa shape index (κ3) is 3.35. The van der Waals surface area contributed by atoms with Gasteiger partial charge in [0.15, 0.2) is 0 Å². The molecule has 0 bridgehead atoms. The van der Waals surface area contributed by atoms with Crippen molar-refractivity contribution in [3.63, 3.8) is 0 Å². The Labute approximate surface area is 79.5 Å². The minimum Gasteiger partial charge on any atom is -0.481 e. The Morgan fingerprint density at radius 2 is 2.31 bits per heavy atom. The number of aliphatic carboxylic acids is 1. The fourth-order valence-electron chi connectivity index (χ4n) is 2.07. The standard InChI is InChI=1S/C10H19NO2/c1-7(2)5-9-8(3-4-11-9)6-10(12)13/h7-9,11H,3-6H2,1-2H3,(H,12,13). The van der Waals surface area contributed by atoms with Crippen molar-refractivity contribution in [2.24, 2.45) is 11.8 Å². The van der Waals surface area contributed by atoms with Gasteiger partial charge in [-0.15, -0.1) is 0 Å². The van der Waals surface area contributed by atoms with Crippen molar-refractivity contribution in [3.05, 3.63) is 0 Å². The van der Waals surface area contributed by atoms with Crippen molar-refractivity contribution in [1.29, 1.82) is 0 Å². The monoisotopic (exact) mass is 185 g/mol. The van der Waals surface area contributed by atoms with Crippen LogP contribution in [0.1, 0.15) is 33.1 Å². The fraction of sp³-hybridized carbons (Fsp3) is 0.900. The predicted octanol–water partition coefficient (Wildman–Crippen LogP) is 1.49. The average molecular weight is 185 g/mol. The van der Waals surface area contributed by atoms with Crippen LogP contribution in [0.3, 0.4) is 0 Å². The predicted molar refractivity (Wildman–Crippen MR) is 51.6 cm³/mol. The first-order chi connectivity index (χ1) is 6.09. The highest BCUT2D eigenvalue weighted by molar-refractivity contribution is 5.67. The first kappa shape index (κ1) is 10.5. The molecule has 1 saturated heterocycles. The second kappa shape index (κ2) is 4.61. The topological polar surface area (TPSA) is 49.3 Å². The largest absolute Gasteiger partial charge is 0.481 e. The Balaban J connectivity index is 2.39. The van der Waals surface area contributed by atoms with E-state index in [1.165, 1.54) is 0 Å². The van der Waals surface area contributed by atoms with Crippen LogP contribution >= 0.6 is 0 Å². The van der Waals surface area contributed by atoms with Crippen LogP contribution in [0.4, 0.5) is 0 Å². The van der Waals surface area contributed by atoms with E-state index in [1.54, 1.807) is 0 Å². The average Bonchev–Trinajstić information content (AvgIpc) is 2.34. The van der Waals surface area contributed by atoms with Crippen LogP contribution in [0.15, 0.2) is 0 Å². The molecule has 2 N–H and O–H groups in total. The Morgan fingerprint density at radius 1 is 1.62 bits per heavy atom. The highest BCUT2D eigenvalue weighted by Gasteiger charge is 2.28. The van der Waals surface area contributed by atoms with Gasteiger partial charge in [0.25, 0.3) is 0 Å². The van der Waals surface area contributed by atoms with E-state index in [-0.39, 0.29) is 0 Å². The first-order valence-corrected chi connectivity index (χ1v) is 5.04. The molecule has 0 aliphatic carbocycles. The van der Waals surface area contributed by atoms with E-state index in [1.807, 2.05) is 0 Å². The molecule has 3 heteroatoms. The van der Waals surface area contributed by atoms with E-state index in [0.717, 1.165) is 19.4 Å². The molecule has 1 aliphatic rings. The van der Waals surface area contributed by atoms with Crippen molar-refractivity contribution < 1.29 is 9.90 Å². The summed E-state index contributed by atoms with van der Waals surface area (Å²) in [7, 11) is 0. The van der Waals surface area contributed by atoms with Gasteiger partial charge in [-0.05, 0) is 31.2 Å². The molecule has 1 heterocycles. The number of hydrogen-bond donors (Lipinski definition) is 2. The lowest BCUT2D eigenvalue weighted by molar-refractivity contribution is -0.138. The molecule has 0 aromatic carbocycles. The van der Waals surface area contributed by atoms with Gasteiger partial charge in [0.05, 0.1) is 0 Å². The van der Waals surface area contributed by atoms with Crippen molar-refractivity contribution >= 4 is 5.97 Å². The molecule has 0 radical (unpaired) electrons. The molecule has 3 nitrogen and oxygen atoms in total. The van der Waals surface area contributed by atoms with Gasteiger partial charge in [0.2, 0.25) is 0 Å². The summed E-state index contributed by atoms with van der Waals surface area (Å²) in [6, 6.07) is 0.427. The summed E-state index contributed by atoms with van der Waals surface area (Å²) in [4.78, 5) is 10.6. The van der Waals surface area contributed by atoms with Crippen LogP contribution in [-0.2, 0) is 4.79 Å². The number of carboxylic acid groups (broad SMARTS) is 1. The fourth-order valence-corrected chi connectivity index (χ4v) is 2.07. The summed E-state index contributed by atoms with van der Waals surface area (Å²) in [5, 5.41) is 12.1. The molecule has 0 spiro atoms. The minimum atomic E-state index is -0.664. The number of carbonyl (C=O) groups is 1. The van der Waals surface area contributed by atoms with Crippen molar-refractivity contribution in [2.75, 3.05) is 6.54 Å². The zero-order chi connectivity index (χ0) is 9.84. The lowest BCUT2D eigenvalue weighted by Gasteiger charge is -2.19. The molecule has 2 atom stereocenters. The van der Waals surface area contributed by atoms with Gasteiger partial charge >= 0.3 is 5.97 Å². The van der Waals surface area contributed by atoms with Gasteiger partial charge in [-0.2, -0.15) is 0 Å². The Bertz CT molecular complexity index is 180. The molecule has 76 valence electrons. The van der Waals surface area contributed by atoms with Crippen molar-refractivity contribution in [3.8, 4) is 0 Å². The van der Waals surface area contributed by atoms with E-state index in [0.29, 0.717) is 24.3 Å². The third-order valence-electron chi connectivity index (χ3n) is 2.65.